The average molecular weight is 275 g/mol. The summed E-state index contributed by atoms with van der Waals surface area (Å²) in [6, 6.07) is 10.0. The van der Waals surface area contributed by atoms with Crippen molar-refractivity contribution in [1.29, 1.82) is 0 Å². The Morgan fingerprint density at radius 1 is 1.15 bits per heavy atom. The van der Waals surface area contributed by atoms with Crippen LogP contribution in [0.4, 0.5) is 0 Å². The predicted molar refractivity (Wildman–Crippen MR) is 75.8 cm³/mol. The molecule has 0 saturated carbocycles. The van der Waals surface area contributed by atoms with Crippen LogP contribution in [0.25, 0.3) is 0 Å². The zero-order valence-corrected chi connectivity index (χ0v) is 11.0. The average Bonchev–Trinajstić information content (AvgIpc) is 2.47. The molecule has 6 nitrogen and oxygen atoms in total. The highest BCUT2D eigenvalue weighted by atomic mass is 16.5. The van der Waals surface area contributed by atoms with Crippen LogP contribution >= 0.6 is 0 Å². The van der Waals surface area contributed by atoms with Crippen LogP contribution in [0.1, 0.15) is 12.0 Å². The van der Waals surface area contributed by atoms with Crippen LogP contribution in [0.3, 0.4) is 0 Å². The van der Waals surface area contributed by atoms with E-state index in [1.54, 1.807) is 0 Å². The second-order valence-electron chi connectivity index (χ2n) is 4.31. The van der Waals surface area contributed by atoms with Gasteiger partial charge in [0.2, 0.25) is 0 Å². The van der Waals surface area contributed by atoms with Gasteiger partial charge in [-0.25, -0.2) is 0 Å². The predicted octanol–water partition coefficient (Wildman–Crippen LogP) is 0.464. The molecule has 0 amide bonds. The number of benzene rings is 1. The highest BCUT2D eigenvalue weighted by molar-refractivity contribution is 5.32. The molecular formula is C14H17N3O3. The number of nitrogens with one attached hydrogen (secondary N) is 1. The van der Waals surface area contributed by atoms with E-state index in [2.05, 4.69) is 5.10 Å². The quantitative estimate of drug-likeness (QED) is 0.750. The highest BCUT2D eigenvalue weighted by Gasteiger charge is 2.01. The first kappa shape index (κ1) is 14.1. The Kier molecular flexibility index (Phi) is 4.73. The number of aromatic amines is 1. The molecule has 0 aliphatic carbocycles. The molecule has 2 aromatic rings. The molecule has 1 heterocycles. The van der Waals surface area contributed by atoms with Gasteiger partial charge in [-0.15, -0.1) is 0 Å². The van der Waals surface area contributed by atoms with Crippen molar-refractivity contribution in [2.45, 2.75) is 19.5 Å². The minimum Gasteiger partial charge on any atom is -0.493 e. The molecule has 0 aliphatic heterocycles. The van der Waals surface area contributed by atoms with Crippen LogP contribution in [0.2, 0.25) is 0 Å². The van der Waals surface area contributed by atoms with E-state index in [0.717, 1.165) is 11.3 Å². The van der Waals surface area contributed by atoms with Crippen LogP contribution in [0.5, 0.6) is 5.75 Å². The van der Waals surface area contributed by atoms with E-state index >= 15 is 0 Å². The minimum atomic E-state index is -0.293. The Balaban J connectivity index is 1.89. The number of hydrogen-bond acceptors (Lipinski definition) is 4. The number of H-pyrrole nitrogens is 1. The van der Waals surface area contributed by atoms with E-state index in [1.165, 1.54) is 16.8 Å². The van der Waals surface area contributed by atoms with E-state index in [9.17, 15) is 9.59 Å². The third-order valence-corrected chi connectivity index (χ3v) is 2.86. The summed E-state index contributed by atoms with van der Waals surface area (Å²) in [5, 5.41) is 2.47. The number of rotatable bonds is 6. The van der Waals surface area contributed by atoms with Gasteiger partial charge in [0.1, 0.15) is 5.75 Å². The van der Waals surface area contributed by atoms with Crippen molar-refractivity contribution < 1.29 is 4.74 Å². The standard InChI is InChI=1S/C14H17N3O3/c15-10-11-4-1-2-5-12(11)20-9-3-8-17-14(19)7-6-13(18)16-17/h1-2,4-7H,3,8-10,15H2,(H,16,18). The Morgan fingerprint density at radius 2 is 1.95 bits per heavy atom. The number of para-hydroxylation sites is 1. The molecule has 1 aromatic heterocycles. The fourth-order valence-corrected chi connectivity index (χ4v) is 1.85. The number of ether oxygens (including phenoxy) is 1. The Labute approximate surface area is 115 Å². The first-order valence-electron chi connectivity index (χ1n) is 6.41. The SMILES string of the molecule is NCc1ccccc1OCCCn1[nH]c(=O)ccc1=O. The lowest BCUT2D eigenvalue weighted by molar-refractivity contribution is 0.294. The van der Waals surface area contributed by atoms with E-state index in [4.69, 9.17) is 10.5 Å². The number of aryl methyl sites for hydroxylation is 1. The molecule has 0 atom stereocenters. The molecule has 0 bridgehead atoms. The van der Waals surface area contributed by atoms with Gasteiger partial charge in [0.05, 0.1) is 6.61 Å². The summed E-state index contributed by atoms with van der Waals surface area (Å²) in [6.45, 7) is 1.27. The van der Waals surface area contributed by atoms with Crippen molar-refractivity contribution in [1.82, 2.24) is 9.78 Å². The van der Waals surface area contributed by atoms with Crippen LogP contribution < -0.4 is 21.6 Å². The topological polar surface area (TPSA) is 90.1 Å². The molecule has 0 spiro atoms. The first-order valence-corrected chi connectivity index (χ1v) is 6.41. The lowest BCUT2D eigenvalue weighted by Crippen LogP contribution is -2.28. The van der Waals surface area contributed by atoms with Gasteiger partial charge in [0.25, 0.3) is 11.1 Å². The molecule has 1 aromatic carbocycles. The van der Waals surface area contributed by atoms with Crippen LogP contribution in [0, 0.1) is 0 Å². The molecule has 0 fully saturated rings. The largest absolute Gasteiger partial charge is 0.493 e. The molecule has 20 heavy (non-hydrogen) atoms. The summed E-state index contributed by atoms with van der Waals surface area (Å²) in [7, 11) is 0. The maximum absolute atomic E-state index is 11.5. The third kappa shape index (κ3) is 3.58. The summed E-state index contributed by atoms with van der Waals surface area (Å²) in [5.41, 5.74) is 6.04. The summed E-state index contributed by atoms with van der Waals surface area (Å²) in [4.78, 5) is 22.6. The van der Waals surface area contributed by atoms with Crippen LogP contribution in [0.15, 0.2) is 46.0 Å². The highest BCUT2D eigenvalue weighted by Crippen LogP contribution is 2.17. The van der Waals surface area contributed by atoms with Gasteiger partial charge in [-0.2, -0.15) is 0 Å². The number of aromatic nitrogens is 2. The number of nitrogens with zero attached hydrogens (tertiary/aromatic N) is 1. The van der Waals surface area contributed by atoms with E-state index in [-0.39, 0.29) is 11.1 Å². The van der Waals surface area contributed by atoms with Gasteiger partial charge >= 0.3 is 0 Å². The maximum Gasteiger partial charge on any atom is 0.265 e. The zero-order chi connectivity index (χ0) is 14.4. The van der Waals surface area contributed by atoms with Crippen molar-refractivity contribution in [2.24, 2.45) is 5.73 Å². The third-order valence-electron chi connectivity index (χ3n) is 2.86. The summed E-state index contributed by atoms with van der Waals surface area (Å²) < 4.78 is 6.91. The molecule has 0 unspecified atom stereocenters. The van der Waals surface area contributed by atoms with Crippen molar-refractivity contribution in [2.75, 3.05) is 6.61 Å². The monoisotopic (exact) mass is 275 g/mol. The Hall–Kier alpha value is -2.34. The van der Waals surface area contributed by atoms with Gasteiger partial charge in [0.15, 0.2) is 0 Å². The smallest absolute Gasteiger partial charge is 0.265 e. The number of hydrogen-bond donors (Lipinski definition) is 2. The molecule has 0 saturated heterocycles. The molecule has 2 rings (SSSR count). The molecule has 6 heteroatoms. The summed E-state index contributed by atoms with van der Waals surface area (Å²) in [5.74, 6) is 0.754. The zero-order valence-electron chi connectivity index (χ0n) is 11.0. The fourth-order valence-electron chi connectivity index (χ4n) is 1.85. The first-order chi connectivity index (χ1) is 9.70. The molecule has 0 aliphatic rings. The van der Waals surface area contributed by atoms with Crippen molar-refractivity contribution >= 4 is 0 Å². The molecule has 106 valence electrons. The Morgan fingerprint density at radius 3 is 2.75 bits per heavy atom. The van der Waals surface area contributed by atoms with Gasteiger partial charge < -0.3 is 10.5 Å². The molecular weight excluding hydrogens is 258 g/mol. The van der Waals surface area contributed by atoms with E-state index in [1.807, 2.05) is 24.3 Å². The summed E-state index contributed by atoms with van der Waals surface area (Å²) >= 11 is 0. The van der Waals surface area contributed by atoms with Crippen molar-refractivity contribution in [3.63, 3.8) is 0 Å². The van der Waals surface area contributed by atoms with E-state index in [0.29, 0.717) is 26.1 Å². The summed E-state index contributed by atoms with van der Waals surface area (Å²) in [6.07, 6.45) is 0.610. The maximum atomic E-state index is 11.5. The van der Waals surface area contributed by atoms with Crippen LogP contribution in [-0.4, -0.2) is 16.4 Å². The minimum absolute atomic E-state index is 0.230. The van der Waals surface area contributed by atoms with Gasteiger partial charge in [-0.1, -0.05) is 18.2 Å². The van der Waals surface area contributed by atoms with Gasteiger partial charge in [0, 0.05) is 37.2 Å². The molecule has 0 radical (unpaired) electrons. The lowest BCUT2D eigenvalue weighted by atomic mass is 10.2. The van der Waals surface area contributed by atoms with E-state index < -0.39 is 0 Å². The van der Waals surface area contributed by atoms with Crippen molar-refractivity contribution in [3.8, 4) is 5.75 Å². The second-order valence-corrected chi connectivity index (χ2v) is 4.31. The van der Waals surface area contributed by atoms with Gasteiger partial charge in [-0.05, 0) is 6.07 Å². The fraction of sp³-hybridized carbons (Fsp3) is 0.286. The van der Waals surface area contributed by atoms with Crippen molar-refractivity contribution in [3.05, 3.63) is 62.7 Å². The van der Waals surface area contributed by atoms with Crippen LogP contribution in [-0.2, 0) is 13.1 Å². The Bertz CT molecular complexity index is 676. The normalized spacial score (nSPS) is 10.4. The molecule has 3 N–H and O–H groups in total. The lowest BCUT2D eigenvalue weighted by Gasteiger charge is -2.10. The second kappa shape index (κ2) is 6.72. The van der Waals surface area contributed by atoms with Gasteiger partial charge in [-0.3, -0.25) is 19.4 Å². The number of nitrogens with two attached hydrogens (primary N) is 1.